The Morgan fingerprint density at radius 2 is 1.95 bits per heavy atom. The maximum Gasteiger partial charge on any atom is 0.407 e. The molecule has 1 aromatic rings. The van der Waals surface area contributed by atoms with Gasteiger partial charge in [0.1, 0.15) is 12.6 Å². The number of fused-ring (bicyclic) bond motifs is 1. The molecule has 208 valence electrons. The van der Waals surface area contributed by atoms with Crippen LogP contribution in [0, 0.1) is 11.8 Å². The van der Waals surface area contributed by atoms with E-state index in [0.717, 1.165) is 37.0 Å². The van der Waals surface area contributed by atoms with Crippen molar-refractivity contribution in [3.8, 4) is 0 Å². The van der Waals surface area contributed by atoms with E-state index >= 15 is 0 Å². The molecule has 1 saturated heterocycles. The summed E-state index contributed by atoms with van der Waals surface area (Å²) in [5.74, 6) is -1.16. The molecule has 7 rings (SSSR count). The van der Waals surface area contributed by atoms with Gasteiger partial charge >= 0.3 is 6.09 Å². The molecule has 4 aliphatic carbocycles. The van der Waals surface area contributed by atoms with Gasteiger partial charge in [0.2, 0.25) is 11.8 Å². The van der Waals surface area contributed by atoms with E-state index in [9.17, 15) is 24.0 Å². The van der Waals surface area contributed by atoms with Gasteiger partial charge in [-0.15, -0.1) is 0 Å². The van der Waals surface area contributed by atoms with E-state index in [4.69, 9.17) is 15.2 Å². The molecule has 5 fully saturated rings. The van der Waals surface area contributed by atoms with Crippen LogP contribution in [-0.2, 0) is 19.1 Å². The monoisotopic (exact) mass is 539 g/mol. The fourth-order valence-electron chi connectivity index (χ4n) is 7.62. The predicted octanol–water partition coefficient (Wildman–Crippen LogP) is 0.903. The number of alkyl carbamates (subject to hydrolysis) is 1. The van der Waals surface area contributed by atoms with Gasteiger partial charge in [0, 0.05) is 29.7 Å². The van der Waals surface area contributed by atoms with Gasteiger partial charge in [0.25, 0.3) is 11.8 Å². The average molecular weight is 540 g/mol. The molecule has 12 heteroatoms. The summed E-state index contributed by atoms with van der Waals surface area (Å²) in [6, 6.07) is 3.86. The van der Waals surface area contributed by atoms with Crippen LogP contribution in [0.15, 0.2) is 18.2 Å². The van der Waals surface area contributed by atoms with Crippen LogP contribution in [0.25, 0.3) is 0 Å². The highest BCUT2D eigenvalue weighted by Crippen LogP contribution is 2.61. The molecule has 12 nitrogen and oxygen atoms in total. The Morgan fingerprint density at radius 3 is 2.74 bits per heavy atom. The lowest BCUT2D eigenvalue weighted by Crippen LogP contribution is -2.54. The van der Waals surface area contributed by atoms with E-state index in [1.54, 1.807) is 18.2 Å². The topological polar surface area (TPSA) is 169 Å². The lowest BCUT2D eigenvalue weighted by Gasteiger charge is -2.38. The van der Waals surface area contributed by atoms with Gasteiger partial charge in [-0.25, -0.2) is 4.79 Å². The van der Waals surface area contributed by atoms with E-state index in [1.807, 2.05) is 0 Å². The first-order chi connectivity index (χ1) is 18.7. The fraction of sp³-hybridized carbons (Fsp3) is 0.593. The minimum Gasteiger partial charge on any atom is -0.447 e. The van der Waals surface area contributed by atoms with Crippen LogP contribution in [0.1, 0.15) is 65.7 Å². The molecule has 4 bridgehead atoms. The van der Waals surface area contributed by atoms with Crippen molar-refractivity contribution in [3.05, 3.63) is 29.3 Å². The normalized spacial score (nSPS) is 32.4. The molecule has 5 N–H and O–H groups in total. The lowest BCUT2D eigenvalue weighted by atomic mass is 9.75. The molecule has 5 atom stereocenters. The van der Waals surface area contributed by atoms with Crippen molar-refractivity contribution < 1.29 is 33.4 Å². The van der Waals surface area contributed by atoms with Crippen molar-refractivity contribution in [2.45, 2.75) is 62.1 Å². The molecule has 4 saturated carbocycles. The molecule has 5 unspecified atom stereocenters. The van der Waals surface area contributed by atoms with E-state index in [0.29, 0.717) is 24.1 Å². The highest BCUT2D eigenvalue weighted by molar-refractivity contribution is 6.25. The fourth-order valence-corrected chi connectivity index (χ4v) is 7.62. The van der Waals surface area contributed by atoms with E-state index < -0.39 is 35.8 Å². The molecule has 2 aliphatic heterocycles. The molecule has 2 heterocycles. The second-order valence-electron chi connectivity index (χ2n) is 11.6. The maximum absolute atomic E-state index is 13.1. The number of carbonyl (C=O) groups excluding carboxylic acids is 5. The second-order valence-corrected chi connectivity index (χ2v) is 11.6. The van der Waals surface area contributed by atoms with Gasteiger partial charge in [-0.1, -0.05) is 6.07 Å². The van der Waals surface area contributed by atoms with E-state index in [1.165, 1.54) is 0 Å². The van der Waals surface area contributed by atoms with Crippen molar-refractivity contribution >= 4 is 35.4 Å². The maximum atomic E-state index is 13.1. The van der Waals surface area contributed by atoms with Crippen LogP contribution in [0.5, 0.6) is 0 Å². The highest BCUT2D eigenvalue weighted by Gasteiger charge is 2.63. The molecule has 6 aliphatic rings. The summed E-state index contributed by atoms with van der Waals surface area (Å²) in [4.78, 5) is 63.2. The smallest absolute Gasteiger partial charge is 0.407 e. The van der Waals surface area contributed by atoms with Gasteiger partial charge in [-0.05, 0) is 62.5 Å². The van der Waals surface area contributed by atoms with Crippen LogP contribution in [0.2, 0.25) is 0 Å². The zero-order valence-electron chi connectivity index (χ0n) is 21.6. The van der Waals surface area contributed by atoms with Crippen molar-refractivity contribution in [3.63, 3.8) is 0 Å². The molecule has 39 heavy (non-hydrogen) atoms. The Hall–Kier alpha value is -3.51. The van der Waals surface area contributed by atoms with E-state index in [-0.39, 0.29) is 54.9 Å². The number of nitrogens with two attached hydrogens (primary N) is 1. The number of nitrogens with zero attached hydrogens (tertiary/aromatic N) is 1. The number of piperidine rings is 1. The molecule has 5 amide bonds. The number of ether oxygens (including phenoxy) is 2. The van der Waals surface area contributed by atoms with Crippen LogP contribution < -0.4 is 21.7 Å². The standard InChI is InChI=1S/C27H33N5O7/c28-26-11-15-10-16(13-26)27(12-15,14-26)31-25(37)39-9-8-38-7-6-29-18-3-1-2-17-21(18)24(36)32(23(17)35)19-4-5-20(33)30-22(19)34/h1-3,15-16,19,29H,4-14,28H2,(H,31,37)(H,30,33,34). The summed E-state index contributed by atoms with van der Waals surface area (Å²) < 4.78 is 10.9. The zero-order valence-corrected chi connectivity index (χ0v) is 21.6. The minimum atomic E-state index is -1.02. The van der Waals surface area contributed by atoms with Crippen LogP contribution in [0.3, 0.4) is 0 Å². The van der Waals surface area contributed by atoms with Crippen LogP contribution >= 0.6 is 0 Å². The number of nitrogens with one attached hydrogen (secondary N) is 3. The van der Waals surface area contributed by atoms with Gasteiger partial charge < -0.3 is 25.8 Å². The number of carbonyl (C=O) groups is 5. The van der Waals surface area contributed by atoms with Crippen molar-refractivity contribution in [1.29, 1.82) is 0 Å². The van der Waals surface area contributed by atoms with Crippen molar-refractivity contribution in [1.82, 2.24) is 15.5 Å². The Bertz CT molecular complexity index is 1250. The van der Waals surface area contributed by atoms with Crippen LogP contribution in [-0.4, -0.2) is 78.1 Å². The predicted molar refractivity (Wildman–Crippen MR) is 137 cm³/mol. The highest BCUT2D eigenvalue weighted by atomic mass is 16.6. The van der Waals surface area contributed by atoms with Gasteiger partial charge in [0.05, 0.1) is 24.3 Å². The number of hydrogen-bond donors (Lipinski definition) is 4. The summed E-state index contributed by atoms with van der Waals surface area (Å²) in [6.45, 7) is 0.936. The molecule has 0 spiro atoms. The summed E-state index contributed by atoms with van der Waals surface area (Å²) in [5.41, 5.74) is 7.00. The molecule has 1 aromatic carbocycles. The third kappa shape index (κ3) is 4.55. The lowest BCUT2D eigenvalue weighted by molar-refractivity contribution is -0.136. The SMILES string of the molecule is NC12CC3CC(C1)C(NC(=O)OCCOCCNc1cccc4c1C(=O)N(C1CCC(=O)NC1=O)C4=O)(C3)C2. The van der Waals surface area contributed by atoms with Gasteiger partial charge in [0.15, 0.2) is 0 Å². The number of imide groups is 2. The molecule has 0 aromatic heterocycles. The average Bonchev–Trinajstić information content (AvgIpc) is 3.35. The molecule has 0 radical (unpaired) electrons. The Kier molecular flexibility index (Phi) is 6.34. The van der Waals surface area contributed by atoms with Crippen molar-refractivity contribution in [2.75, 3.05) is 31.7 Å². The number of amides is 5. The number of hydrogen-bond acceptors (Lipinski definition) is 9. The Morgan fingerprint density at radius 1 is 1.10 bits per heavy atom. The minimum absolute atomic E-state index is 0.0634. The van der Waals surface area contributed by atoms with E-state index in [2.05, 4.69) is 16.0 Å². The largest absolute Gasteiger partial charge is 0.447 e. The summed E-state index contributed by atoms with van der Waals surface area (Å²) in [7, 11) is 0. The summed E-state index contributed by atoms with van der Waals surface area (Å²) >= 11 is 0. The van der Waals surface area contributed by atoms with Gasteiger partial charge in [-0.2, -0.15) is 0 Å². The second kappa shape index (κ2) is 9.60. The summed E-state index contributed by atoms with van der Waals surface area (Å²) in [5, 5.41) is 8.41. The Labute approximate surface area is 225 Å². The first-order valence-corrected chi connectivity index (χ1v) is 13.6. The Balaban J connectivity index is 0.946. The quantitative estimate of drug-likeness (QED) is 0.263. The third-order valence-corrected chi connectivity index (χ3v) is 8.91. The summed E-state index contributed by atoms with van der Waals surface area (Å²) in [6.07, 6.45) is 4.69. The first kappa shape index (κ1) is 25.8. The number of benzene rings is 1. The zero-order chi connectivity index (χ0) is 27.4. The third-order valence-electron chi connectivity index (χ3n) is 8.91. The number of rotatable bonds is 9. The molecular weight excluding hydrogens is 506 g/mol. The first-order valence-electron chi connectivity index (χ1n) is 13.6. The van der Waals surface area contributed by atoms with Gasteiger partial charge in [-0.3, -0.25) is 29.4 Å². The van der Waals surface area contributed by atoms with Crippen molar-refractivity contribution in [2.24, 2.45) is 17.6 Å². The molecular formula is C27H33N5O7. The van der Waals surface area contributed by atoms with Crippen LogP contribution in [0.4, 0.5) is 10.5 Å². The number of anilines is 1.